The minimum Gasteiger partial charge on any atom is -0.480 e. The normalized spacial score (nSPS) is 22.6. The van der Waals surface area contributed by atoms with Crippen molar-refractivity contribution in [1.82, 2.24) is 4.90 Å². The number of nitrogens with zero attached hydrogens (tertiary/aromatic N) is 1. The zero-order valence-electron chi connectivity index (χ0n) is 11.7. The van der Waals surface area contributed by atoms with Crippen LogP contribution in [0.4, 0.5) is 13.2 Å². The highest BCUT2D eigenvalue weighted by Crippen LogP contribution is 2.47. The Kier molecular flexibility index (Phi) is 4.55. The van der Waals surface area contributed by atoms with E-state index in [1.165, 1.54) is 0 Å². The summed E-state index contributed by atoms with van der Waals surface area (Å²) < 4.78 is 39.1. The Hall–Kier alpha value is -0.780. The van der Waals surface area contributed by atoms with E-state index in [9.17, 15) is 18.0 Å². The molecule has 0 aromatic carbocycles. The van der Waals surface area contributed by atoms with Crippen LogP contribution in [0.15, 0.2) is 0 Å². The Labute approximate surface area is 111 Å². The maximum Gasteiger partial charge on any atom is 0.417 e. The molecular weight excluding hydrogens is 259 g/mol. The summed E-state index contributed by atoms with van der Waals surface area (Å²) in [5.41, 5.74) is -2.90. The lowest BCUT2D eigenvalue weighted by molar-refractivity contribution is -0.256. The van der Waals surface area contributed by atoms with E-state index in [0.717, 1.165) is 37.5 Å². The average Bonchev–Trinajstić information content (AvgIpc) is 2.22. The lowest BCUT2D eigenvalue weighted by Gasteiger charge is -2.56. The van der Waals surface area contributed by atoms with Gasteiger partial charge in [-0.25, -0.2) is 4.79 Å². The molecule has 1 fully saturated rings. The van der Waals surface area contributed by atoms with Crippen molar-refractivity contribution in [3.63, 3.8) is 0 Å². The van der Waals surface area contributed by atoms with E-state index in [-0.39, 0.29) is 18.5 Å². The van der Waals surface area contributed by atoms with Crippen LogP contribution in [0.3, 0.4) is 0 Å². The van der Waals surface area contributed by atoms with Crippen molar-refractivity contribution in [2.24, 2.45) is 5.41 Å². The molecule has 0 aromatic heterocycles. The fourth-order valence-electron chi connectivity index (χ4n) is 3.02. The largest absolute Gasteiger partial charge is 0.480 e. The average molecular weight is 281 g/mol. The number of aliphatic carboxylic acids is 1. The van der Waals surface area contributed by atoms with E-state index in [4.69, 9.17) is 5.11 Å². The molecule has 1 unspecified atom stereocenters. The van der Waals surface area contributed by atoms with Gasteiger partial charge in [-0.3, -0.25) is 4.90 Å². The summed E-state index contributed by atoms with van der Waals surface area (Å²) in [5.74, 6) is -1.82. The fraction of sp³-hybridized carbons (Fsp3) is 0.923. The van der Waals surface area contributed by atoms with Crippen LogP contribution in [0, 0.1) is 5.41 Å². The first kappa shape index (κ1) is 16.3. The van der Waals surface area contributed by atoms with Gasteiger partial charge in [0.25, 0.3) is 0 Å². The van der Waals surface area contributed by atoms with E-state index in [2.05, 4.69) is 0 Å². The van der Waals surface area contributed by atoms with Crippen molar-refractivity contribution in [3.05, 3.63) is 0 Å². The maximum atomic E-state index is 13.0. The predicted molar refractivity (Wildman–Crippen MR) is 65.9 cm³/mol. The fourth-order valence-corrected chi connectivity index (χ4v) is 3.02. The summed E-state index contributed by atoms with van der Waals surface area (Å²) in [6.45, 7) is 5.20. The van der Waals surface area contributed by atoms with E-state index in [0.29, 0.717) is 0 Å². The maximum absolute atomic E-state index is 13.0. The van der Waals surface area contributed by atoms with Crippen LogP contribution in [0.2, 0.25) is 0 Å². The molecule has 0 amide bonds. The molecule has 6 heteroatoms. The molecule has 0 radical (unpaired) electrons. The summed E-state index contributed by atoms with van der Waals surface area (Å²) in [4.78, 5) is 12.1. The second kappa shape index (κ2) is 5.31. The molecular formula is C13H22F3NO2. The number of rotatable bonds is 6. The molecule has 1 rings (SSSR count). The van der Waals surface area contributed by atoms with Gasteiger partial charge in [0.15, 0.2) is 0 Å². The van der Waals surface area contributed by atoms with Crippen LogP contribution >= 0.6 is 0 Å². The third-order valence-electron chi connectivity index (χ3n) is 4.21. The van der Waals surface area contributed by atoms with Gasteiger partial charge in [0.05, 0.1) is 0 Å². The summed E-state index contributed by atoms with van der Waals surface area (Å²) >= 11 is 0. The van der Waals surface area contributed by atoms with Gasteiger partial charge in [0.1, 0.15) is 0 Å². The standard InChI is InChI=1S/C13H22F3NO2/c1-4-6-12(7-5-2)8-17(9-12)11(3,10(18)19)13(14,15)16/h4-9H2,1-3H3,(H,18,19). The molecule has 1 saturated heterocycles. The number of hydrogen-bond donors (Lipinski definition) is 1. The van der Waals surface area contributed by atoms with Crippen LogP contribution in [-0.2, 0) is 4.79 Å². The molecule has 0 spiro atoms. The van der Waals surface area contributed by atoms with E-state index in [1.54, 1.807) is 0 Å². The number of halogens is 3. The van der Waals surface area contributed by atoms with Crippen molar-refractivity contribution in [2.75, 3.05) is 13.1 Å². The topological polar surface area (TPSA) is 40.5 Å². The van der Waals surface area contributed by atoms with E-state index >= 15 is 0 Å². The first-order valence-electron chi connectivity index (χ1n) is 6.68. The first-order valence-corrected chi connectivity index (χ1v) is 6.68. The van der Waals surface area contributed by atoms with Crippen molar-refractivity contribution in [1.29, 1.82) is 0 Å². The zero-order valence-corrected chi connectivity index (χ0v) is 11.7. The van der Waals surface area contributed by atoms with Crippen molar-refractivity contribution in [2.45, 2.75) is 58.2 Å². The monoisotopic (exact) mass is 281 g/mol. The Morgan fingerprint density at radius 2 is 1.63 bits per heavy atom. The highest BCUT2D eigenvalue weighted by atomic mass is 19.4. The van der Waals surface area contributed by atoms with Crippen LogP contribution < -0.4 is 0 Å². The SMILES string of the molecule is CCCC1(CCC)CN(C(C)(C(=O)O)C(F)(F)F)C1. The minimum atomic E-state index is -4.76. The van der Waals surface area contributed by atoms with Gasteiger partial charge in [-0.15, -0.1) is 0 Å². The molecule has 0 saturated carbocycles. The molecule has 19 heavy (non-hydrogen) atoms. The molecule has 0 bridgehead atoms. The minimum absolute atomic E-state index is 0.133. The molecule has 112 valence electrons. The van der Waals surface area contributed by atoms with Gasteiger partial charge in [-0.05, 0) is 25.2 Å². The summed E-state index contributed by atoms with van der Waals surface area (Å²) in [7, 11) is 0. The van der Waals surface area contributed by atoms with Crippen LogP contribution in [0.1, 0.15) is 46.5 Å². The van der Waals surface area contributed by atoms with Crippen LogP contribution in [-0.4, -0.2) is 40.8 Å². The lowest BCUT2D eigenvalue weighted by Crippen LogP contribution is -2.71. The summed E-state index contributed by atoms with van der Waals surface area (Å²) in [6.07, 6.45) is -1.24. The van der Waals surface area contributed by atoms with Crippen LogP contribution in [0.25, 0.3) is 0 Å². The van der Waals surface area contributed by atoms with Gasteiger partial charge in [0.2, 0.25) is 5.54 Å². The van der Waals surface area contributed by atoms with Crippen molar-refractivity contribution >= 4 is 5.97 Å². The third-order valence-corrected chi connectivity index (χ3v) is 4.21. The second-order valence-electron chi connectivity index (χ2n) is 5.73. The van der Waals surface area contributed by atoms with E-state index in [1.807, 2.05) is 13.8 Å². The number of carbonyl (C=O) groups is 1. The number of alkyl halides is 3. The van der Waals surface area contributed by atoms with Gasteiger partial charge < -0.3 is 5.11 Å². The highest BCUT2D eigenvalue weighted by molar-refractivity contribution is 5.79. The van der Waals surface area contributed by atoms with Gasteiger partial charge in [-0.2, -0.15) is 13.2 Å². The summed E-state index contributed by atoms with van der Waals surface area (Å²) in [5, 5.41) is 8.97. The third kappa shape index (κ3) is 2.73. The molecule has 1 atom stereocenters. The summed E-state index contributed by atoms with van der Waals surface area (Å²) in [6, 6.07) is 0. The molecule has 1 aliphatic heterocycles. The molecule has 0 aromatic rings. The smallest absolute Gasteiger partial charge is 0.417 e. The highest BCUT2D eigenvalue weighted by Gasteiger charge is 2.65. The Morgan fingerprint density at radius 1 is 1.21 bits per heavy atom. The Morgan fingerprint density at radius 3 is 1.89 bits per heavy atom. The Balaban J connectivity index is 2.87. The predicted octanol–water partition coefficient (Wildman–Crippen LogP) is 3.29. The number of carboxylic acids is 1. The number of likely N-dealkylation sites (tertiary alicyclic amines) is 1. The van der Waals surface area contributed by atoms with Crippen molar-refractivity contribution in [3.8, 4) is 0 Å². The lowest BCUT2D eigenvalue weighted by atomic mass is 9.70. The molecule has 1 aliphatic rings. The molecule has 0 aliphatic carbocycles. The zero-order chi connectivity index (χ0) is 14.9. The van der Waals surface area contributed by atoms with Gasteiger partial charge in [0, 0.05) is 13.1 Å². The van der Waals surface area contributed by atoms with E-state index < -0.39 is 17.7 Å². The Bertz CT molecular complexity index is 329. The molecule has 3 nitrogen and oxygen atoms in total. The first-order chi connectivity index (χ1) is 8.63. The second-order valence-corrected chi connectivity index (χ2v) is 5.73. The van der Waals surface area contributed by atoms with Crippen molar-refractivity contribution < 1.29 is 23.1 Å². The quantitative estimate of drug-likeness (QED) is 0.812. The number of carboxylic acid groups (broad SMARTS) is 1. The van der Waals surface area contributed by atoms with Gasteiger partial charge in [-0.1, -0.05) is 26.7 Å². The molecule has 1 heterocycles. The van der Waals surface area contributed by atoms with Gasteiger partial charge >= 0.3 is 12.1 Å². The number of hydrogen-bond acceptors (Lipinski definition) is 2. The molecule has 1 N–H and O–H groups in total. The van der Waals surface area contributed by atoms with Crippen LogP contribution in [0.5, 0.6) is 0 Å².